The van der Waals surface area contributed by atoms with Crippen molar-refractivity contribution in [2.45, 2.75) is 17.6 Å². The van der Waals surface area contributed by atoms with E-state index in [1.165, 1.54) is 24.0 Å². The molecule has 0 saturated heterocycles. The van der Waals surface area contributed by atoms with Gasteiger partial charge in [-0.05, 0) is 12.1 Å². The van der Waals surface area contributed by atoms with Gasteiger partial charge in [-0.3, -0.25) is 4.68 Å². The summed E-state index contributed by atoms with van der Waals surface area (Å²) in [5.41, 5.74) is -0.592. The molecule has 0 radical (unpaired) electrons. The van der Waals surface area contributed by atoms with E-state index in [1.807, 2.05) is 0 Å². The fourth-order valence-electron chi connectivity index (χ4n) is 1.99. The molecule has 0 spiro atoms. The van der Waals surface area contributed by atoms with Crippen molar-refractivity contribution in [3.8, 4) is 0 Å². The predicted molar refractivity (Wildman–Crippen MR) is 73.3 cm³/mol. The summed E-state index contributed by atoms with van der Waals surface area (Å²) in [4.78, 5) is -0.756. The first-order valence-corrected chi connectivity index (χ1v) is 7.66. The van der Waals surface area contributed by atoms with Gasteiger partial charge >= 0.3 is 6.18 Å². The molecule has 0 aliphatic rings. The Morgan fingerprint density at radius 3 is 2.45 bits per heavy atom. The van der Waals surface area contributed by atoms with Gasteiger partial charge < -0.3 is 0 Å². The third-order valence-corrected chi connectivity index (χ3v) is 4.91. The summed E-state index contributed by atoms with van der Waals surface area (Å²) >= 11 is 0. The van der Waals surface area contributed by atoms with E-state index in [4.69, 9.17) is 0 Å². The van der Waals surface area contributed by atoms with E-state index in [2.05, 4.69) is 5.10 Å². The molecule has 0 bridgehead atoms. The third-order valence-electron chi connectivity index (χ3n) is 3.04. The van der Waals surface area contributed by atoms with Crippen LogP contribution in [0, 0.1) is 0 Å². The zero-order valence-corrected chi connectivity index (χ0v) is 12.7. The molecule has 2 aromatic rings. The summed E-state index contributed by atoms with van der Waals surface area (Å²) in [7, 11) is -1.37. The molecule has 22 heavy (non-hydrogen) atoms. The second kappa shape index (κ2) is 5.73. The normalized spacial score (nSPS) is 12.8. The summed E-state index contributed by atoms with van der Waals surface area (Å²) in [6.45, 7) is -0.0671. The van der Waals surface area contributed by atoms with Crippen LogP contribution in [0.2, 0.25) is 0 Å². The number of alkyl halides is 3. The summed E-state index contributed by atoms with van der Waals surface area (Å²) in [5.74, 6) is 0. The van der Waals surface area contributed by atoms with Gasteiger partial charge in [0, 0.05) is 32.4 Å². The van der Waals surface area contributed by atoms with Crippen molar-refractivity contribution >= 4 is 10.0 Å². The second-order valence-corrected chi connectivity index (χ2v) is 6.79. The Morgan fingerprint density at radius 1 is 1.27 bits per heavy atom. The van der Waals surface area contributed by atoms with Crippen molar-refractivity contribution in [2.75, 3.05) is 7.05 Å². The van der Waals surface area contributed by atoms with Gasteiger partial charge in [-0.15, -0.1) is 0 Å². The number of sulfonamides is 1. The molecular weight excluding hydrogens is 319 g/mol. The van der Waals surface area contributed by atoms with Crippen LogP contribution in [0.5, 0.6) is 0 Å². The van der Waals surface area contributed by atoms with Crippen molar-refractivity contribution in [3.05, 3.63) is 47.8 Å². The Balaban J connectivity index is 2.38. The van der Waals surface area contributed by atoms with Crippen molar-refractivity contribution in [3.63, 3.8) is 0 Å². The van der Waals surface area contributed by atoms with Crippen molar-refractivity contribution in [1.82, 2.24) is 14.1 Å². The molecule has 0 unspecified atom stereocenters. The molecule has 0 saturated carbocycles. The van der Waals surface area contributed by atoms with Gasteiger partial charge in [-0.1, -0.05) is 12.1 Å². The number of rotatable bonds is 4. The fourth-order valence-corrected chi connectivity index (χ4v) is 3.36. The lowest BCUT2D eigenvalue weighted by molar-refractivity contribution is -0.139. The van der Waals surface area contributed by atoms with Gasteiger partial charge in [-0.2, -0.15) is 22.6 Å². The molecule has 2 rings (SSSR count). The van der Waals surface area contributed by atoms with Gasteiger partial charge in [0.25, 0.3) is 0 Å². The number of hydrogen-bond acceptors (Lipinski definition) is 3. The van der Waals surface area contributed by atoms with Gasteiger partial charge in [0.2, 0.25) is 10.0 Å². The van der Waals surface area contributed by atoms with Gasteiger partial charge in [-0.25, -0.2) is 8.42 Å². The number of hydrogen-bond donors (Lipinski definition) is 0. The van der Waals surface area contributed by atoms with Crippen LogP contribution in [-0.2, 0) is 29.8 Å². The summed E-state index contributed by atoms with van der Waals surface area (Å²) in [6, 6.07) is 4.13. The van der Waals surface area contributed by atoms with Gasteiger partial charge in [0.15, 0.2) is 0 Å². The Morgan fingerprint density at radius 2 is 1.91 bits per heavy atom. The smallest absolute Gasteiger partial charge is 0.275 e. The Kier molecular flexibility index (Phi) is 4.30. The number of aromatic nitrogens is 2. The highest BCUT2D eigenvalue weighted by atomic mass is 32.2. The number of aryl methyl sites for hydroxylation is 1. The van der Waals surface area contributed by atoms with E-state index in [1.54, 1.807) is 13.2 Å². The molecule has 120 valence electrons. The molecule has 1 aromatic carbocycles. The highest BCUT2D eigenvalue weighted by Gasteiger charge is 2.38. The average Bonchev–Trinajstić information content (AvgIpc) is 2.83. The quantitative estimate of drug-likeness (QED) is 0.862. The first kappa shape index (κ1) is 16.5. The highest BCUT2D eigenvalue weighted by molar-refractivity contribution is 7.89. The molecule has 9 heteroatoms. The molecule has 1 aromatic heterocycles. The van der Waals surface area contributed by atoms with Crippen LogP contribution in [0.3, 0.4) is 0 Å². The monoisotopic (exact) mass is 333 g/mol. The Bertz CT molecular complexity index is 769. The van der Waals surface area contributed by atoms with Crippen molar-refractivity contribution < 1.29 is 21.6 Å². The van der Waals surface area contributed by atoms with Crippen molar-refractivity contribution in [1.29, 1.82) is 0 Å². The van der Waals surface area contributed by atoms with E-state index < -0.39 is 26.7 Å². The molecular formula is C13H14F3N3O2S. The first-order chi connectivity index (χ1) is 10.1. The van der Waals surface area contributed by atoms with E-state index in [0.717, 1.165) is 22.5 Å². The number of nitrogens with zero attached hydrogens (tertiary/aromatic N) is 3. The Labute approximate surface area is 126 Å². The average molecular weight is 333 g/mol. The van der Waals surface area contributed by atoms with Crippen LogP contribution in [0.25, 0.3) is 0 Å². The molecule has 5 nitrogen and oxygen atoms in total. The summed E-state index contributed by atoms with van der Waals surface area (Å²) in [5, 5.41) is 3.90. The lowest BCUT2D eigenvalue weighted by Crippen LogP contribution is -2.28. The van der Waals surface area contributed by atoms with Crippen molar-refractivity contribution in [2.24, 2.45) is 7.05 Å². The minimum Gasteiger partial charge on any atom is -0.275 e. The van der Waals surface area contributed by atoms with Crippen LogP contribution in [0.1, 0.15) is 11.1 Å². The molecule has 0 fully saturated rings. The lowest BCUT2D eigenvalue weighted by atomic mass is 10.2. The van der Waals surface area contributed by atoms with Crippen LogP contribution in [-0.4, -0.2) is 29.6 Å². The summed E-state index contributed by atoms with van der Waals surface area (Å²) < 4.78 is 66.1. The maximum absolute atomic E-state index is 13.0. The zero-order valence-electron chi connectivity index (χ0n) is 11.9. The lowest BCUT2D eigenvalue weighted by Gasteiger charge is -2.19. The van der Waals surface area contributed by atoms with Gasteiger partial charge in [0.1, 0.15) is 0 Å². The van der Waals surface area contributed by atoms with Gasteiger partial charge in [0.05, 0.1) is 16.7 Å². The maximum atomic E-state index is 13.0. The highest BCUT2D eigenvalue weighted by Crippen LogP contribution is 2.35. The van der Waals surface area contributed by atoms with Crippen LogP contribution in [0.4, 0.5) is 13.2 Å². The SMILES string of the molecule is CN(Cc1cnn(C)c1)S(=O)(=O)c1ccccc1C(F)(F)F. The van der Waals surface area contributed by atoms with E-state index in [9.17, 15) is 21.6 Å². The standard InChI is InChI=1S/C13H14F3N3O2S/c1-18-8-10(7-17-18)9-19(2)22(20,21)12-6-4-3-5-11(12)13(14,15)16/h3-8H,9H2,1-2H3. The predicted octanol–water partition coefficient (Wildman–Crippen LogP) is 2.26. The molecule has 0 aliphatic heterocycles. The van der Waals surface area contributed by atoms with E-state index >= 15 is 0 Å². The summed E-state index contributed by atoms with van der Waals surface area (Å²) in [6.07, 6.45) is -1.68. The molecule has 0 amide bonds. The van der Waals surface area contributed by atoms with E-state index in [-0.39, 0.29) is 6.54 Å². The molecule has 0 N–H and O–H groups in total. The minimum absolute atomic E-state index is 0.0671. The van der Waals surface area contributed by atoms with Crippen LogP contribution >= 0.6 is 0 Å². The minimum atomic E-state index is -4.74. The second-order valence-electron chi connectivity index (χ2n) is 4.78. The first-order valence-electron chi connectivity index (χ1n) is 6.22. The third kappa shape index (κ3) is 3.30. The number of benzene rings is 1. The van der Waals surface area contributed by atoms with E-state index in [0.29, 0.717) is 5.56 Å². The zero-order chi connectivity index (χ0) is 16.5. The topological polar surface area (TPSA) is 55.2 Å². The maximum Gasteiger partial charge on any atom is 0.417 e. The van der Waals surface area contributed by atoms with Crippen LogP contribution < -0.4 is 0 Å². The van der Waals surface area contributed by atoms with Crippen LogP contribution in [0.15, 0.2) is 41.6 Å². The number of halogens is 3. The Hall–Kier alpha value is -1.87. The fraction of sp³-hybridized carbons (Fsp3) is 0.308. The molecule has 0 aliphatic carbocycles. The largest absolute Gasteiger partial charge is 0.417 e. The molecule has 1 heterocycles. The molecule has 0 atom stereocenters.